The van der Waals surface area contributed by atoms with Crippen molar-refractivity contribution in [3.63, 3.8) is 0 Å². The molecule has 0 aromatic carbocycles. The van der Waals surface area contributed by atoms with Crippen LogP contribution >= 0.6 is 12.8 Å². The summed E-state index contributed by atoms with van der Waals surface area (Å²) in [5.41, 5.74) is 2.16. The maximum Gasteiger partial charge on any atom is 0.330 e. The molecule has 18 heavy (non-hydrogen) atoms. The van der Waals surface area contributed by atoms with Gasteiger partial charge < -0.3 is 9.88 Å². The van der Waals surface area contributed by atoms with Gasteiger partial charge in [0, 0.05) is 24.7 Å². The predicted molar refractivity (Wildman–Crippen MR) is 73.4 cm³/mol. The Labute approximate surface area is 113 Å². The lowest BCUT2D eigenvalue weighted by atomic mass is 10.0. The van der Waals surface area contributed by atoms with E-state index in [1.54, 1.807) is 6.33 Å². The van der Waals surface area contributed by atoms with Crippen LogP contribution in [0.4, 0.5) is 4.79 Å². The zero-order valence-corrected chi connectivity index (χ0v) is 11.9. The molecule has 2 rings (SSSR count). The van der Waals surface area contributed by atoms with Crippen molar-refractivity contribution in [3.05, 3.63) is 17.7 Å². The number of urea groups is 1. The van der Waals surface area contributed by atoms with Gasteiger partial charge in [-0.15, -0.1) is 0 Å². The molecule has 0 radical (unpaired) electrons. The third-order valence-electron chi connectivity index (χ3n) is 3.36. The van der Waals surface area contributed by atoms with Crippen molar-refractivity contribution < 1.29 is 4.79 Å². The molecule has 0 aliphatic carbocycles. The summed E-state index contributed by atoms with van der Waals surface area (Å²) in [5.74, 6) is 0. The molecule has 5 nitrogen and oxygen atoms in total. The Morgan fingerprint density at radius 2 is 2.44 bits per heavy atom. The van der Waals surface area contributed by atoms with E-state index in [0.717, 1.165) is 30.8 Å². The quantitative estimate of drug-likeness (QED) is 0.809. The Bertz CT molecular complexity index is 431. The minimum absolute atomic E-state index is 0.0335. The van der Waals surface area contributed by atoms with Crippen LogP contribution in [0.1, 0.15) is 44.6 Å². The molecule has 0 spiro atoms. The summed E-state index contributed by atoms with van der Waals surface area (Å²) in [6, 6.07) is 0.105. The van der Waals surface area contributed by atoms with Gasteiger partial charge >= 0.3 is 6.03 Å². The van der Waals surface area contributed by atoms with Crippen LogP contribution in [0.15, 0.2) is 6.33 Å². The summed E-state index contributed by atoms with van der Waals surface area (Å²) in [7, 11) is 0. The van der Waals surface area contributed by atoms with Gasteiger partial charge in [0.25, 0.3) is 0 Å². The van der Waals surface area contributed by atoms with Crippen LogP contribution in [-0.2, 0) is 6.42 Å². The highest BCUT2D eigenvalue weighted by Crippen LogP contribution is 2.31. The van der Waals surface area contributed by atoms with E-state index in [2.05, 4.69) is 29.7 Å². The lowest BCUT2D eigenvalue weighted by Gasteiger charge is -2.37. The van der Waals surface area contributed by atoms with E-state index in [4.69, 9.17) is 0 Å². The Morgan fingerprint density at radius 1 is 1.72 bits per heavy atom. The normalized spacial score (nSPS) is 18.9. The number of carbonyl (C=O) groups is 1. The number of aromatic nitrogens is 2. The van der Waals surface area contributed by atoms with Crippen molar-refractivity contribution in [2.24, 2.45) is 0 Å². The SMILES string of the molecule is CCC1c2nc[nH]c2CCN1C(=O)N(S)C(C)C. The molecule has 0 bridgehead atoms. The third kappa shape index (κ3) is 2.21. The van der Waals surface area contributed by atoms with E-state index >= 15 is 0 Å². The van der Waals surface area contributed by atoms with E-state index in [1.807, 2.05) is 18.7 Å². The molecule has 2 amide bonds. The number of fused-ring (bicyclic) bond motifs is 1. The standard InChI is InChI=1S/C12H20N4OS/c1-4-10-11-9(13-7-14-11)5-6-15(10)12(17)16(18)8(2)3/h7-8,10,18H,4-6H2,1-3H3,(H,13,14). The predicted octanol–water partition coefficient (Wildman–Crippen LogP) is 2.39. The number of carbonyl (C=O) groups excluding carboxylic acids is 1. The molecule has 1 aromatic rings. The second kappa shape index (κ2) is 5.22. The van der Waals surface area contributed by atoms with Crippen LogP contribution in [0.25, 0.3) is 0 Å². The van der Waals surface area contributed by atoms with Gasteiger partial charge in [-0.05, 0) is 20.3 Å². The highest BCUT2D eigenvalue weighted by Gasteiger charge is 2.33. The molecule has 1 N–H and O–H groups in total. The van der Waals surface area contributed by atoms with Crippen molar-refractivity contribution in [3.8, 4) is 0 Å². The first-order valence-corrected chi connectivity index (χ1v) is 6.77. The minimum Gasteiger partial charge on any atom is -0.348 e. The number of amides is 2. The Balaban J connectivity index is 2.22. The van der Waals surface area contributed by atoms with E-state index in [9.17, 15) is 4.79 Å². The molecule has 1 aliphatic heterocycles. The molecule has 1 aliphatic rings. The second-order valence-corrected chi connectivity index (χ2v) is 5.29. The van der Waals surface area contributed by atoms with Crippen molar-refractivity contribution in [1.82, 2.24) is 19.2 Å². The number of hydrogen-bond acceptors (Lipinski definition) is 3. The molecule has 2 heterocycles. The maximum absolute atomic E-state index is 12.4. The summed E-state index contributed by atoms with van der Waals surface area (Å²) in [5, 5.41) is 0. The van der Waals surface area contributed by atoms with Crippen LogP contribution in [-0.4, -0.2) is 37.8 Å². The summed E-state index contributed by atoms with van der Waals surface area (Å²) < 4.78 is 1.49. The first kappa shape index (κ1) is 13.3. The first-order valence-electron chi connectivity index (χ1n) is 6.37. The van der Waals surface area contributed by atoms with Gasteiger partial charge in [0.05, 0.1) is 18.1 Å². The van der Waals surface area contributed by atoms with Crippen LogP contribution in [0.5, 0.6) is 0 Å². The fraction of sp³-hybridized carbons (Fsp3) is 0.667. The lowest BCUT2D eigenvalue weighted by Crippen LogP contribution is -2.46. The fourth-order valence-electron chi connectivity index (χ4n) is 2.35. The molecule has 1 atom stereocenters. The molecule has 0 saturated heterocycles. The highest BCUT2D eigenvalue weighted by atomic mass is 32.1. The molecule has 0 saturated carbocycles. The fourth-order valence-corrected chi connectivity index (χ4v) is 2.46. The summed E-state index contributed by atoms with van der Waals surface area (Å²) in [6.45, 7) is 6.70. The van der Waals surface area contributed by atoms with Gasteiger partial charge in [0.15, 0.2) is 0 Å². The number of nitrogens with one attached hydrogen (secondary N) is 1. The zero-order valence-electron chi connectivity index (χ0n) is 11.1. The molecule has 6 heteroatoms. The number of aromatic amines is 1. The topological polar surface area (TPSA) is 52.2 Å². The largest absolute Gasteiger partial charge is 0.348 e. The Morgan fingerprint density at radius 3 is 3.06 bits per heavy atom. The number of thiol groups is 1. The van der Waals surface area contributed by atoms with E-state index < -0.39 is 0 Å². The molecule has 1 aromatic heterocycles. The van der Waals surface area contributed by atoms with Crippen molar-refractivity contribution in [2.45, 2.75) is 45.7 Å². The monoisotopic (exact) mass is 268 g/mol. The van der Waals surface area contributed by atoms with Gasteiger partial charge in [-0.3, -0.25) is 4.31 Å². The molecule has 100 valence electrons. The van der Waals surface area contributed by atoms with E-state index in [1.165, 1.54) is 4.31 Å². The highest BCUT2D eigenvalue weighted by molar-refractivity contribution is 7.78. The van der Waals surface area contributed by atoms with Crippen LogP contribution < -0.4 is 0 Å². The number of rotatable bonds is 2. The Hall–Kier alpha value is -1.17. The van der Waals surface area contributed by atoms with Crippen LogP contribution in [0.3, 0.4) is 0 Å². The average Bonchev–Trinajstić information content (AvgIpc) is 2.83. The molecule has 0 fully saturated rings. The van der Waals surface area contributed by atoms with Gasteiger partial charge in [-0.1, -0.05) is 19.7 Å². The third-order valence-corrected chi connectivity index (χ3v) is 4.00. The molecular weight excluding hydrogens is 248 g/mol. The number of nitrogens with zero attached hydrogens (tertiary/aromatic N) is 3. The van der Waals surface area contributed by atoms with Gasteiger partial charge in [0.2, 0.25) is 0 Å². The number of H-pyrrole nitrogens is 1. The molecule has 1 unspecified atom stereocenters. The van der Waals surface area contributed by atoms with Gasteiger partial charge in [0.1, 0.15) is 0 Å². The average molecular weight is 268 g/mol. The summed E-state index contributed by atoms with van der Waals surface area (Å²) >= 11 is 4.28. The van der Waals surface area contributed by atoms with E-state index in [-0.39, 0.29) is 18.1 Å². The smallest absolute Gasteiger partial charge is 0.330 e. The lowest BCUT2D eigenvalue weighted by molar-refractivity contribution is 0.145. The van der Waals surface area contributed by atoms with Crippen LogP contribution in [0, 0.1) is 0 Å². The number of hydrogen-bond donors (Lipinski definition) is 2. The minimum atomic E-state index is -0.0335. The summed E-state index contributed by atoms with van der Waals surface area (Å²) in [4.78, 5) is 21.8. The maximum atomic E-state index is 12.4. The number of imidazole rings is 1. The first-order chi connectivity index (χ1) is 8.56. The van der Waals surface area contributed by atoms with Crippen molar-refractivity contribution in [2.75, 3.05) is 6.54 Å². The zero-order chi connectivity index (χ0) is 13.3. The van der Waals surface area contributed by atoms with E-state index in [0.29, 0.717) is 0 Å². The van der Waals surface area contributed by atoms with Crippen LogP contribution in [0.2, 0.25) is 0 Å². The van der Waals surface area contributed by atoms with Crippen molar-refractivity contribution >= 4 is 18.8 Å². The molecular formula is C12H20N4OS. The summed E-state index contributed by atoms with van der Waals surface area (Å²) in [6.07, 6.45) is 3.41. The van der Waals surface area contributed by atoms with Gasteiger partial charge in [-0.25, -0.2) is 9.78 Å². The second-order valence-electron chi connectivity index (χ2n) is 4.85. The van der Waals surface area contributed by atoms with Gasteiger partial charge in [-0.2, -0.15) is 0 Å². The van der Waals surface area contributed by atoms with Crippen molar-refractivity contribution in [1.29, 1.82) is 0 Å². The Kier molecular flexibility index (Phi) is 3.85.